The number of hydrogen-bond acceptors (Lipinski definition) is 7. The van der Waals surface area contributed by atoms with E-state index in [0.29, 0.717) is 6.42 Å². The molecule has 0 saturated heterocycles. The normalized spacial score (nSPS) is 11.4. The van der Waals surface area contributed by atoms with Gasteiger partial charge in [-0.1, -0.05) is 6.07 Å². The Labute approximate surface area is 153 Å². The summed E-state index contributed by atoms with van der Waals surface area (Å²) in [7, 11) is -3.82. The van der Waals surface area contributed by atoms with Crippen LogP contribution in [0, 0.1) is 10.1 Å². The maximum atomic E-state index is 12.3. The molecule has 0 aliphatic heterocycles. The molecule has 26 heavy (non-hydrogen) atoms. The predicted molar refractivity (Wildman–Crippen MR) is 97.3 cm³/mol. The standard InChI is InChI=1S/C16H14N4O4S2/c21-20(22)13-2-1-3-14(10-13)26(23,24)18-9-6-16-19-15(11-25-16)12-4-7-17-8-5-12/h1-5,7-8,10-11,18H,6,9H2. The maximum absolute atomic E-state index is 12.3. The number of benzene rings is 1. The summed E-state index contributed by atoms with van der Waals surface area (Å²) in [5, 5.41) is 13.5. The zero-order valence-electron chi connectivity index (χ0n) is 13.4. The third-order valence-corrected chi connectivity index (χ3v) is 5.86. The number of non-ortho nitro benzene ring substituents is 1. The van der Waals surface area contributed by atoms with E-state index in [1.807, 2.05) is 17.5 Å². The molecule has 3 rings (SSSR count). The molecule has 2 heterocycles. The van der Waals surface area contributed by atoms with Crippen molar-refractivity contribution in [3.05, 3.63) is 69.3 Å². The lowest BCUT2D eigenvalue weighted by Crippen LogP contribution is -2.26. The Morgan fingerprint density at radius 2 is 1.96 bits per heavy atom. The van der Waals surface area contributed by atoms with E-state index in [9.17, 15) is 18.5 Å². The molecule has 0 amide bonds. The smallest absolute Gasteiger partial charge is 0.265 e. The molecule has 0 aliphatic carbocycles. The van der Waals surface area contributed by atoms with Crippen molar-refractivity contribution in [2.24, 2.45) is 0 Å². The molecule has 8 nitrogen and oxygen atoms in total. The molecule has 0 aliphatic rings. The molecule has 1 N–H and O–H groups in total. The number of hydrogen-bond donors (Lipinski definition) is 1. The molecule has 0 radical (unpaired) electrons. The van der Waals surface area contributed by atoms with Gasteiger partial charge in [0.15, 0.2) is 0 Å². The first-order valence-corrected chi connectivity index (χ1v) is 9.91. The van der Waals surface area contributed by atoms with Crippen molar-refractivity contribution in [3.63, 3.8) is 0 Å². The molecule has 0 spiro atoms. The van der Waals surface area contributed by atoms with Crippen LogP contribution in [0.1, 0.15) is 5.01 Å². The fraction of sp³-hybridized carbons (Fsp3) is 0.125. The summed E-state index contributed by atoms with van der Waals surface area (Å²) in [6, 6.07) is 8.64. The summed E-state index contributed by atoms with van der Waals surface area (Å²) in [6.07, 6.45) is 3.78. The van der Waals surface area contributed by atoms with Gasteiger partial charge >= 0.3 is 0 Å². The van der Waals surface area contributed by atoms with Crippen molar-refractivity contribution in [1.82, 2.24) is 14.7 Å². The van der Waals surface area contributed by atoms with Gasteiger partial charge < -0.3 is 0 Å². The Bertz CT molecular complexity index is 1020. The van der Waals surface area contributed by atoms with Gasteiger partial charge in [0.1, 0.15) is 0 Å². The number of pyridine rings is 1. The van der Waals surface area contributed by atoms with Gasteiger partial charge in [0.05, 0.1) is 20.5 Å². The zero-order valence-corrected chi connectivity index (χ0v) is 15.0. The van der Waals surface area contributed by atoms with Gasteiger partial charge in [-0.3, -0.25) is 15.1 Å². The minimum Gasteiger partial charge on any atom is -0.265 e. The number of nitrogens with zero attached hydrogens (tertiary/aromatic N) is 3. The summed E-state index contributed by atoms with van der Waals surface area (Å²) in [4.78, 5) is 18.4. The Morgan fingerprint density at radius 3 is 2.69 bits per heavy atom. The fourth-order valence-electron chi connectivity index (χ4n) is 2.22. The van der Waals surface area contributed by atoms with Crippen LogP contribution in [-0.2, 0) is 16.4 Å². The van der Waals surface area contributed by atoms with E-state index in [-0.39, 0.29) is 17.1 Å². The van der Waals surface area contributed by atoms with E-state index < -0.39 is 14.9 Å². The molecule has 134 valence electrons. The number of nitro benzene ring substituents is 1. The van der Waals surface area contributed by atoms with Gasteiger partial charge in [0.2, 0.25) is 10.0 Å². The van der Waals surface area contributed by atoms with Crippen molar-refractivity contribution >= 4 is 27.0 Å². The maximum Gasteiger partial charge on any atom is 0.270 e. The van der Waals surface area contributed by atoms with Crippen LogP contribution in [0.4, 0.5) is 5.69 Å². The quantitative estimate of drug-likeness (QED) is 0.490. The summed E-state index contributed by atoms with van der Waals surface area (Å²) in [5.41, 5.74) is 1.49. The van der Waals surface area contributed by atoms with Gasteiger partial charge in [0, 0.05) is 48.4 Å². The molecule has 10 heteroatoms. The number of aromatic nitrogens is 2. The van der Waals surface area contributed by atoms with Crippen LogP contribution in [0.15, 0.2) is 59.1 Å². The number of thiazole rings is 1. The van der Waals surface area contributed by atoms with E-state index in [4.69, 9.17) is 0 Å². The van der Waals surface area contributed by atoms with E-state index >= 15 is 0 Å². The summed E-state index contributed by atoms with van der Waals surface area (Å²) >= 11 is 1.44. The van der Waals surface area contributed by atoms with Crippen LogP contribution in [-0.4, -0.2) is 29.9 Å². The summed E-state index contributed by atoms with van der Waals surface area (Å²) in [6.45, 7) is 0.147. The van der Waals surface area contributed by atoms with E-state index in [2.05, 4.69) is 14.7 Å². The zero-order chi connectivity index (χ0) is 18.6. The van der Waals surface area contributed by atoms with Gasteiger partial charge in [-0.25, -0.2) is 18.1 Å². The third kappa shape index (κ3) is 4.28. The van der Waals surface area contributed by atoms with Gasteiger partial charge in [-0.2, -0.15) is 0 Å². The van der Waals surface area contributed by atoms with E-state index in [1.165, 1.54) is 29.5 Å². The first-order chi connectivity index (χ1) is 12.5. The average Bonchev–Trinajstić information content (AvgIpc) is 3.11. The van der Waals surface area contributed by atoms with E-state index in [0.717, 1.165) is 22.3 Å². The Morgan fingerprint density at radius 1 is 1.19 bits per heavy atom. The molecular formula is C16H14N4O4S2. The number of nitrogens with one attached hydrogen (secondary N) is 1. The average molecular weight is 390 g/mol. The second-order valence-electron chi connectivity index (χ2n) is 5.26. The van der Waals surface area contributed by atoms with Crippen molar-refractivity contribution in [1.29, 1.82) is 0 Å². The largest absolute Gasteiger partial charge is 0.270 e. The molecule has 2 aromatic heterocycles. The van der Waals surface area contributed by atoms with Gasteiger partial charge in [-0.15, -0.1) is 11.3 Å². The van der Waals surface area contributed by atoms with Crippen molar-refractivity contribution < 1.29 is 13.3 Å². The first-order valence-electron chi connectivity index (χ1n) is 7.54. The van der Waals surface area contributed by atoms with Crippen molar-refractivity contribution in [2.45, 2.75) is 11.3 Å². The fourth-order valence-corrected chi connectivity index (χ4v) is 4.10. The van der Waals surface area contributed by atoms with Crippen LogP contribution in [0.5, 0.6) is 0 Å². The lowest BCUT2D eigenvalue weighted by atomic mass is 10.2. The summed E-state index contributed by atoms with van der Waals surface area (Å²) < 4.78 is 27.0. The molecule has 0 bridgehead atoms. The first kappa shape index (κ1) is 18.1. The van der Waals surface area contributed by atoms with Gasteiger partial charge in [0.25, 0.3) is 5.69 Å². The number of sulfonamides is 1. The highest BCUT2D eigenvalue weighted by Gasteiger charge is 2.17. The van der Waals surface area contributed by atoms with Crippen LogP contribution in [0.3, 0.4) is 0 Å². The van der Waals surface area contributed by atoms with Crippen LogP contribution < -0.4 is 4.72 Å². The van der Waals surface area contributed by atoms with Crippen molar-refractivity contribution in [3.8, 4) is 11.3 Å². The van der Waals surface area contributed by atoms with Crippen molar-refractivity contribution in [2.75, 3.05) is 6.54 Å². The number of nitro groups is 1. The molecule has 0 atom stereocenters. The highest BCUT2D eigenvalue weighted by molar-refractivity contribution is 7.89. The number of rotatable bonds is 7. The van der Waals surface area contributed by atoms with Crippen LogP contribution in [0.2, 0.25) is 0 Å². The third-order valence-electron chi connectivity index (χ3n) is 3.50. The SMILES string of the molecule is O=[N+]([O-])c1cccc(S(=O)(=O)NCCc2nc(-c3ccncc3)cs2)c1. The molecule has 0 fully saturated rings. The highest BCUT2D eigenvalue weighted by Crippen LogP contribution is 2.21. The summed E-state index contributed by atoms with van der Waals surface area (Å²) in [5.74, 6) is 0. The predicted octanol–water partition coefficient (Wildman–Crippen LogP) is 2.63. The second kappa shape index (κ2) is 7.68. The van der Waals surface area contributed by atoms with Crippen LogP contribution >= 0.6 is 11.3 Å². The molecule has 0 saturated carbocycles. The van der Waals surface area contributed by atoms with E-state index in [1.54, 1.807) is 12.4 Å². The Kier molecular flexibility index (Phi) is 5.35. The lowest BCUT2D eigenvalue weighted by molar-refractivity contribution is -0.385. The Balaban J connectivity index is 1.63. The Hall–Kier alpha value is -2.69. The van der Waals surface area contributed by atoms with Gasteiger partial charge in [-0.05, 0) is 18.2 Å². The monoisotopic (exact) mass is 390 g/mol. The highest BCUT2D eigenvalue weighted by atomic mass is 32.2. The lowest BCUT2D eigenvalue weighted by Gasteiger charge is -2.05. The van der Waals surface area contributed by atoms with Crippen LogP contribution in [0.25, 0.3) is 11.3 Å². The minimum atomic E-state index is -3.82. The molecule has 0 unspecified atom stereocenters. The minimum absolute atomic E-state index is 0.136. The molecular weight excluding hydrogens is 376 g/mol. The molecule has 3 aromatic rings. The topological polar surface area (TPSA) is 115 Å². The second-order valence-corrected chi connectivity index (χ2v) is 7.97. The molecule has 1 aromatic carbocycles.